The average molecular weight is 677 g/mol. The minimum absolute atomic E-state index is 0.0629. The molecular weight excluding hydrogens is 596 g/mol. The van der Waals surface area contributed by atoms with E-state index in [4.69, 9.17) is 9.47 Å². The van der Waals surface area contributed by atoms with E-state index in [9.17, 15) is 14.7 Å². The van der Waals surface area contributed by atoms with Gasteiger partial charge in [0.25, 0.3) is 0 Å². The van der Waals surface area contributed by atoms with E-state index >= 15 is 0 Å². The first-order valence-corrected chi connectivity index (χ1v) is 20.9. The maximum absolute atomic E-state index is 12.2. The molecule has 0 aromatic heterocycles. The summed E-state index contributed by atoms with van der Waals surface area (Å²) in [6.45, 7) is 4.13. The van der Waals surface area contributed by atoms with Crippen LogP contribution < -0.4 is 0 Å². The second-order valence-electron chi connectivity index (χ2n) is 14.1. The fourth-order valence-electron chi connectivity index (χ4n) is 6.06. The van der Waals surface area contributed by atoms with Crippen molar-refractivity contribution in [1.29, 1.82) is 0 Å². The second-order valence-corrected chi connectivity index (χ2v) is 14.1. The first-order chi connectivity index (χ1) is 23.6. The summed E-state index contributed by atoms with van der Waals surface area (Å²) in [6, 6.07) is 0. The van der Waals surface area contributed by atoms with Gasteiger partial charge in [0.1, 0.15) is 6.61 Å². The molecule has 1 unspecified atom stereocenters. The zero-order valence-electron chi connectivity index (χ0n) is 32.0. The van der Waals surface area contributed by atoms with Gasteiger partial charge in [0.2, 0.25) is 0 Å². The first-order valence-electron chi connectivity index (χ1n) is 20.9. The van der Waals surface area contributed by atoms with E-state index in [1.54, 1.807) is 0 Å². The van der Waals surface area contributed by atoms with Gasteiger partial charge >= 0.3 is 11.9 Å². The van der Waals surface area contributed by atoms with E-state index in [1.165, 1.54) is 148 Å². The van der Waals surface area contributed by atoms with Crippen LogP contribution in [-0.2, 0) is 19.1 Å². The molecule has 48 heavy (non-hydrogen) atoms. The number of unbranched alkanes of at least 4 members (excludes halogenated alkanes) is 26. The molecule has 0 saturated heterocycles. The van der Waals surface area contributed by atoms with Crippen LogP contribution in [-0.4, -0.2) is 36.4 Å². The number of carbonyl (C=O) groups is 2. The molecule has 1 N–H and O–H groups in total. The molecule has 0 spiro atoms. The fraction of sp³-hybridized carbons (Fsp3) is 0.860. The molecule has 0 saturated carbocycles. The van der Waals surface area contributed by atoms with Crippen LogP contribution in [0.5, 0.6) is 0 Å². The molecule has 0 rings (SSSR count). The number of aliphatic hydroxyl groups is 1. The predicted molar refractivity (Wildman–Crippen MR) is 205 cm³/mol. The lowest BCUT2D eigenvalue weighted by Gasteiger charge is -2.15. The topological polar surface area (TPSA) is 72.8 Å². The van der Waals surface area contributed by atoms with Crippen molar-refractivity contribution < 1.29 is 24.2 Å². The van der Waals surface area contributed by atoms with Gasteiger partial charge in [0.15, 0.2) is 6.10 Å². The van der Waals surface area contributed by atoms with Gasteiger partial charge in [-0.3, -0.25) is 9.59 Å². The zero-order chi connectivity index (χ0) is 35.0. The van der Waals surface area contributed by atoms with E-state index < -0.39 is 6.10 Å². The highest BCUT2D eigenvalue weighted by Gasteiger charge is 2.16. The van der Waals surface area contributed by atoms with Crippen LogP contribution in [0, 0.1) is 0 Å². The maximum atomic E-state index is 12.2. The van der Waals surface area contributed by atoms with Gasteiger partial charge < -0.3 is 14.6 Å². The molecule has 0 bridgehead atoms. The standard InChI is InChI=1S/C43H80O5/c1-3-5-7-9-11-13-15-17-19-20-21-22-24-26-28-30-32-34-36-38-43(46)48-41(39-44)40-47-42(45)37-35-33-31-29-27-25-23-18-16-14-12-10-8-6-4-2/h11,13,17,19,41,44H,3-10,12,14-16,18,20-40H2,1-2H3. The Morgan fingerprint density at radius 3 is 1.27 bits per heavy atom. The molecule has 0 heterocycles. The first kappa shape index (κ1) is 46.4. The smallest absolute Gasteiger partial charge is 0.306 e. The van der Waals surface area contributed by atoms with E-state index in [-0.39, 0.29) is 25.2 Å². The van der Waals surface area contributed by atoms with Gasteiger partial charge in [0, 0.05) is 12.8 Å². The lowest BCUT2D eigenvalue weighted by Crippen LogP contribution is -2.28. The van der Waals surface area contributed by atoms with Crippen LogP contribution in [0.25, 0.3) is 0 Å². The number of carbonyl (C=O) groups excluding carboxylic acids is 2. The minimum atomic E-state index is -0.768. The van der Waals surface area contributed by atoms with Crippen LogP contribution in [0.15, 0.2) is 24.3 Å². The Morgan fingerprint density at radius 2 is 0.833 bits per heavy atom. The normalized spacial score (nSPS) is 12.3. The van der Waals surface area contributed by atoms with Gasteiger partial charge in [-0.25, -0.2) is 0 Å². The number of rotatable bonds is 38. The van der Waals surface area contributed by atoms with Crippen molar-refractivity contribution in [1.82, 2.24) is 0 Å². The summed E-state index contributed by atoms with van der Waals surface area (Å²) in [4.78, 5) is 24.3. The molecule has 0 radical (unpaired) electrons. The molecular formula is C43H80O5. The molecule has 0 amide bonds. The molecule has 0 aliphatic rings. The Hall–Kier alpha value is -1.62. The molecule has 0 fully saturated rings. The van der Waals surface area contributed by atoms with Crippen molar-refractivity contribution in [3.8, 4) is 0 Å². The van der Waals surface area contributed by atoms with Crippen molar-refractivity contribution in [2.24, 2.45) is 0 Å². The molecule has 0 aromatic carbocycles. The quantitative estimate of drug-likeness (QED) is 0.0400. The lowest BCUT2D eigenvalue weighted by atomic mass is 10.0. The third-order valence-corrected chi connectivity index (χ3v) is 9.25. The second kappa shape index (κ2) is 39.8. The van der Waals surface area contributed by atoms with E-state index in [2.05, 4.69) is 38.2 Å². The zero-order valence-corrected chi connectivity index (χ0v) is 32.0. The Morgan fingerprint density at radius 1 is 0.479 bits per heavy atom. The minimum Gasteiger partial charge on any atom is -0.462 e. The largest absolute Gasteiger partial charge is 0.462 e. The van der Waals surface area contributed by atoms with E-state index in [0.29, 0.717) is 12.8 Å². The lowest BCUT2D eigenvalue weighted by molar-refractivity contribution is -0.161. The Balaban J connectivity index is 3.52. The average Bonchev–Trinajstić information content (AvgIpc) is 3.09. The molecule has 0 aliphatic heterocycles. The highest BCUT2D eigenvalue weighted by molar-refractivity contribution is 5.70. The van der Waals surface area contributed by atoms with Crippen LogP contribution >= 0.6 is 0 Å². The molecule has 5 nitrogen and oxygen atoms in total. The predicted octanol–water partition coefficient (Wildman–Crippen LogP) is 13.1. The summed E-state index contributed by atoms with van der Waals surface area (Å²) in [6.07, 6.45) is 46.7. The third kappa shape index (κ3) is 37.2. The van der Waals surface area contributed by atoms with Gasteiger partial charge in [0.05, 0.1) is 6.61 Å². The Bertz CT molecular complexity index is 731. The summed E-state index contributed by atoms with van der Waals surface area (Å²) in [5.41, 5.74) is 0. The summed E-state index contributed by atoms with van der Waals surface area (Å²) in [5, 5.41) is 9.56. The summed E-state index contributed by atoms with van der Waals surface area (Å²) >= 11 is 0. The summed E-state index contributed by atoms with van der Waals surface area (Å²) in [5.74, 6) is -0.586. The fourth-order valence-corrected chi connectivity index (χ4v) is 6.06. The number of allylic oxidation sites excluding steroid dienone is 4. The molecule has 0 aromatic rings. The Kier molecular flexibility index (Phi) is 38.5. The molecule has 282 valence electrons. The van der Waals surface area contributed by atoms with Crippen LogP contribution in [0.1, 0.15) is 219 Å². The number of hydrogen-bond donors (Lipinski definition) is 1. The van der Waals surface area contributed by atoms with E-state index in [0.717, 1.165) is 44.9 Å². The van der Waals surface area contributed by atoms with Crippen LogP contribution in [0.4, 0.5) is 0 Å². The summed E-state index contributed by atoms with van der Waals surface area (Å²) < 4.78 is 10.6. The van der Waals surface area contributed by atoms with Crippen LogP contribution in [0.2, 0.25) is 0 Å². The van der Waals surface area contributed by atoms with Crippen molar-refractivity contribution in [3.63, 3.8) is 0 Å². The maximum Gasteiger partial charge on any atom is 0.306 e. The highest BCUT2D eigenvalue weighted by Crippen LogP contribution is 2.15. The van der Waals surface area contributed by atoms with Crippen molar-refractivity contribution in [2.75, 3.05) is 13.2 Å². The van der Waals surface area contributed by atoms with Crippen molar-refractivity contribution in [3.05, 3.63) is 24.3 Å². The monoisotopic (exact) mass is 677 g/mol. The van der Waals surface area contributed by atoms with Gasteiger partial charge in [-0.15, -0.1) is 0 Å². The number of hydrogen-bond acceptors (Lipinski definition) is 5. The Labute approximate surface area is 298 Å². The summed E-state index contributed by atoms with van der Waals surface area (Å²) in [7, 11) is 0. The van der Waals surface area contributed by atoms with Crippen LogP contribution in [0.3, 0.4) is 0 Å². The van der Waals surface area contributed by atoms with Gasteiger partial charge in [-0.05, 0) is 44.9 Å². The van der Waals surface area contributed by atoms with Crippen molar-refractivity contribution >= 4 is 11.9 Å². The highest BCUT2D eigenvalue weighted by atomic mass is 16.6. The van der Waals surface area contributed by atoms with Crippen molar-refractivity contribution in [2.45, 2.75) is 225 Å². The van der Waals surface area contributed by atoms with Gasteiger partial charge in [-0.2, -0.15) is 0 Å². The third-order valence-electron chi connectivity index (χ3n) is 9.25. The van der Waals surface area contributed by atoms with Gasteiger partial charge in [-0.1, -0.05) is 186 Å². The number of aliphatic hydroxyl groups excluding tert-OH is 1. The molecule has 5 heteroatoms. The number of esters is 2. The van der Waals surface area contributed by atoms with E-state index in [1.807, 2.05) is 0 Å². The molecule has 0 aliphatic carbocycles. The molecule has 1 atom stereocenters. The number of ether oxygens (including phenoxy) is 2. The SMILES string of the molecule is CCCCCC=CCC=CCCCCCCCCCCCC(=O)OC(CO)COC(=O)CCCCCCCCCCCCCCCCC.